The number of halogens is 10. The number of hydrogen-bond donors (Lipinski definition) is 4. The molecule has 0 aliphatic carbocycles. The van der Waals surface area contributed by atoms with E-state index < -0.39 is 70.0 Å². The zero-order valence-corrected chi connectivity index (χ0v) is 66.9. The van der Waals surface area contributed by atoms with Crippen LogP contribution in [0.3, 0.4) is 0 Å². The largest absolute Gasteiger partial charge is 1.00 e. The van der Waals surface area contributed by atoms with Crippen LogP contribution in [0.15, 0.2) is 226 Å². The summed E-state index contributed by atoms with van der Waals surface area (Å²) in [6, 6.07) is 48.3. The Kier molecular flexibility index (Phi) is 37.2. The molecule has 0 aromatic heterocycles. The number of benzene rings is 9. The first-order chi connectivity index (χ1) is 53.8. The summed E-state index contributed by atoms with van der Waals surface area (Å²) in [5.74, 6) is -4.96. The Morgan fingerprint density at radius 2 is 0.702 bits per heavy atom. The van der Waals surface area contributed by atoms with Gasteiger partial charge in [0.2, 0.25) is 0 Å². The van der Waals surface area contributed by atoms with E-state index in [4.69, 9.17) is 39.3 Å². The predicted octanol–water partition coefficient (Wildman–Crippen LogP) is 17.3. The van der Waals surface area contributed by atoms with E-state index in [-0.39, 0.29) is 108 Å². The van der Waals surface area contributed by atoms with Gasteiger partial charge in [-0.2, -0.15) is 0 Å². The van der Waals surface area contributed by atoms with Gasteiger partial charge in [-0.05, 0) is 144 Å². The summed E-state index contributed by atoms with van der Waals surface area (Å²) < 4.78 is 151. The Hall–Kier alpha value is -9.10. The van der Waals surface area contributed by atoms with Crippen LogP contribution >= 0.6 is 15.9 Å². The number of carbonyl (C=O) groups is 3. The van der Waals surface area contributed by atoms with E-state index in [0.717, 1.165) is 45.8 Å². The molecule has 0 saturated carbocycles. The van der Waals surface area contributed by atoms with Crippen molar-refractivity contribution in [1.82, 2.24) is 14.7 Å². The number of alkyl halides is 1. The normalized spacial score (nSPS) is 17.7. The van der Waals surface area contributed by atoms with Gasteiger partial charge in [-0.1, -0.05) is 142 Å². The van der Waals surface area contributed by atoms with Crippen molar-refractivity contribution in [2.24, 2.45) is 0 Å². The molecule has 16 nitrogen and oxygen atoms in total. The van der Waals surface area contributed by atoms with E-state index in [1.54, 1.807) is 124 Å². The van der Waals surface area contributed by atoms with Gasteiger partial charge in [0, 0.05) is 113 Å². The molecule has 114 heavy (non-hydrogen) atoms. The van der Waals surface area contributed by atoms with Crippen LogP contribution in [0.2, 0.25) is 0 Å². The van der Waals surface area contributed by atoms with Crippen molar-refractivity contribution >= 4 is 42.6 Å². The van der Waals surface area contributed by atoms with Crippen molar-refractivity contribution in [3.63, 3.8) is 0 Å². The number of hydrogen-bond acceptors (Lipinski definition) is 13. The molecule has 3 saturated heterocycles. The monoisotopic (exact) mass is 1650 g/mol. The Balaban J connectivity index is 0.000000292. The summed E-state index contributed by atoms with van der Waals surface area (Å²) in [6.07, 6.45) is 4.35. The number of allylic oxidation sites excluding steroid dienone is 1. The van der Waals surface area contributed by atoms with Crippen LogP contribution in [-0.4, -0.2) is 127 Å². The van der Waals surface area contributed by atoms with Crippen molar-refractivity contribution in [2.45, 2.75) is 94.2 Å². The van der Waals surface area contributed by atoms with Gasteiger partial charge in [0.25, 0.3) is 0 Å². The number of cyclic esters (lactones) is 3. The third-order valence-corrected chi connectivity index (χ3v) is 20.1. The van der Waals surface area contributed by atoms with Crippen molar-refractivity contribution in [1.29, 1.82) is 0 Å². The Morgan fingerprint density at radius 3 is 0.947 bits per heavy atom. The van der Waals surface area contributed by atoms with Gasteiger partial charge in [-0.15, -0.1) is 13.2 Å². The topological polar surface area (TPSA) is 197 Å². The Morgan fingerprint density at radius 1 is 0.430 bits per heavy atom. The van der Waals surface area contributed by atoms with Gasteiger partial charge in [0.05, 0.1) is 51.2 Å². The van der Waals surface area contributed by atoms with E-state index >= 15 is 0 Å². The summed E-state index contributed by atoms with van der Waals surface area (Å²) in [4.78, 5) is 44.2. The average molecular weight is 1660 g/mol. The molecule has 0 spiro atoms. The van der Waals surface area contributed by atoms with E-state index in [1.165, 1.54) is 72.8 Å². The maximum atomic E-state index is 14.2. The maximum absolute atomic E-state index is 14.2. The fraction of sp³-hybridized carbons (Fsp3) is 0.291. The fourth-order valence-electron chi connectivity index (χ4n) is 13.4. The van der Waals surface area contributed by atoms with Crippen LogP contribution in [0.25, 0.3) is 33.4 Å². The molecule has 0 bridgehead atoms. The smallest absolute Gasteiger partial charge is 1.00 e. The number of aliphatic hydroxyl groups excluding tert-OH is 2. The zero-order chi connectivity index (χ0) is 81.1. The summed E-state index contributed by atoms with van der Waals surface area (Å²) >= 11 is 3.13. The predicted molar refractivity (Wildman–Crippen MR) is 415 cm³/mol. The van der Waals surface area contributed by atoms with Crippen molar-refractivity contribution in [2.75, 3.05) is 64.6 Å². The van der Waals surface area contributed by atoms with Gasteiger partial charge < -0.3 is 50.0 Å². The van der Waals surface area contributed by atoms with Gasteiger partial charge in [0.1, 0.15) is 69.2 Å². The average Bonchev–Trinajstić information content (AvgIpc) is 0.780. The molecule has 9 aromatic carbocycles. The Labute approximate surface area is 690 Å². The van der Waals surface area contributed by atoms with Crippen LogP contribution < -0.4 is 29.6 Å². The first kappa shape index (κ1) is 93.8. The molecule has 3 aliphatic rings. The van der Waals surface area contributed by atoms with E-state index in [9.17, 15) is 59.0 Å². The summed E-state index contributed by atoms with van der Waals surface area (Å²) in [6.45, 7) is 14.8. The molecule has 3 aliphatic heterocycles. The molecule has 12 rings (SSSR count). The molecule has 0 unspecified atom stereocenters. The van der Waals surface area contributed by atoms with Gasteiger partial charge >= 0.3 is 47.8 Å². The molecule has 3 radical (unpaired) electrons. The van der Waals surface area contributed by atoms with Crippen LogP contribution in [0.1, 0.15) is 112 Å². The number of nitrogens with zero attached hydrogens (tertiary/aromatic N) is 3. The molecule has 3 amide bonds. The van der Waals surface area contributed by atoms with Crippen LogP contribution in [0.4, 0.5) is 53.9 Å². The van der Waals surface area contributed by atoms with Crippen molar-refractivity contribution in [3.8, 4) is 33.4 Å². The fourth-order valence-corrected chi connectivity index (χ4v) is 13.4. The molecule has 6 atom stereocenters. The van der Waals surface area contributed by atoms with Gasteiger partial charge in [0.15, 0.2) is 0 Å². The minimum Gasteiger partial charge on any atom is -1.00 e. The number of aliphatic hydroxyl groups is 2. The molecule has 3 heterocycles. The third-order valence-electron chi connectivity index (χ3n) is 19.6. The molecular formula is C86H88BBrF9N3NaO13. The first-order valence-electron chi connectivity index (χ1n) is 35.8. The quantitative estimate of drug-likeness (QED) is 0.00617. The minimum absolute atomic E-state index is 0. The zero-order valence-electron chi connectivity index (χ0n) is 64.3. The second kappa shape index (κ2) is 45.3. The number of rotatable bonds is 25. The second-order valence-corrected chi connectivity index (χ2v) is 27.0. The van der Waals surface area contributed by atoms with Crippen LogP contribution in [0, 0.1) is 52.4 Å². The second-order valence-electron chi connectivity index (χ2n) is 26.4. The molecule has 599 valence electrons. The summed E-state index contributed by atoms with van der Waals surface area (Å²) in [5, 5.41) is 34.9. The first-order valence-corrected chi connectivity index (χ1v) is 37.0. The van der Waals surface area contributed by atoms with E-state index in [2.05, 4.69) is 34.1 Å². The maximum Gasteiger partial charge on any atom is 1.00 e. The SMILES string of the molecule is C=CCBr.C=CCOCC[C@]1(c2ccc(F)cc2)CCN([C@@H](C)c2ccc(-c3ccc(F)cc3F)cc2)C(=O)O1.C[C@@H](c1ccc(-c2ccc(F)cc2F)cc1)N1CC[C@](CCO)(c2ccc(F)cc2)OC1=O.C[C@@H](c1ccc(-c2ccc(F)cc2F)cc1)N1CC[C@](CCOCCO)(c2ccc(F)cc2)OC1=O.OOO.[B].[H-].[Na+]. The minimum atomic E-state index is -1.01. The summed E-state index contributed by atoms with van der Waals surface area (Å²) in [7, 11) is 0. The van der Waals surface area contributed by atoms with Crippen molar-refractivity contribution in [3.05, 3.63) is 311 Å². The molecular weight excluding hydrogens is 1570 g/mol. The molecule has 4 N–H and O–H groups in total. The van der Waals surface area contributed by atoms with Crippen LogP contribution in [0.5, 0.6) is 0 Å². The number of carbonyl (C=O) groups excluding carboxylic acids is 3. The Bertz CT molecular complexity index is 4570. The van der Waals surface area contributed by atoms with Gasteiger partial charge in [-0.25, -0.2) is 64.4 Å². The number of amides is 3. The standard InChI is InChI=1S/C29H28F3NO3.C28H28F3NO4.C26H24F3NO3.C3H5Br.B.Na.H2O3.H/c1-3-17-35-18-15-29(23-8-10-24(30)11-9-23)14-16-33(28(34)36-29)20(2)21-4-6-22(7-5-21)26-13-12-25(31)19-27(26)32;1-19(20-2-4-21(5-3-20)25-11-10-24(30)18-26(25)31)32-14-12-28(36-27(32)34,13-16-35-17-15-33)22-6-8-23(29)9-7-22;1-17(18-2-4-19(5-3-18)23-11-10-22(28)16-24(23)29)30-14-12-26(13-15-31,33-25(30)32)20-6-8-21(27)9-7-20;1-2-3-4;;;1-3-2;/h3-13,19-20H,1,14-18H2,2H3;2-11,18-19,33H,12-17H2,1H3;2-11,16-17,31H,12-15H2,1H3;2H,1,3H2;;;1-2H;/q;;;;;+1;;-1/t20-,29-;19-,28-;17-,26-;;;;;/m000...../s1. The van der Waals surface area contributed by atoms with Crippen molar-refractivity contribution < 1.29 is 134 Å². The third kappa shape index (κ3) is 24.7. The van der Waals surface area contributed by atoms with Gasteiger partial charge in [-0.3, -0.25) is 0 Å². The molecule has 3 fully saturated rings. The van der Waals surface area contributed by atoms with E-state index in [1.807, 2.05) is 32.9 Å². The molecule has 9 aromatic rings. The van der Waals surface area contributed by atoms with Crippen LogP contribution in [-0.2, 0) is 45.5 Å². The van der Waals surface area contributed by atoms with E-state index in [0.29, 0.717) is 109 Å². The molecule has 28 heteroatoms. The number of ether oxygens (including phenoxy) is 5. The summed E-state index contributed by atoms with van der Waals surface area (Å²) in [5.41, 5.74) is 4.34.